The van der Waals surface area contributed by atoms with Crippen molar-refractivity contribution in [3.63, 3.8) is 0 Å². The van der Waals surface area contributed by atoms with Crippen molar-refractivity contribution in [3.8, 4) is 11.5 Å². The second-order valence-corrected chi connectivity index (χ2v) is 12.0. The van der Waals surface area contributed by atoms with Crippen LogP contribution < -0.4 is 19.2 Å². The number of carbonyl (C=O) groups excluding carboxylic acids is 1. The van der Waals surface area contributed by atoms with Gasteiger partial charge in [-0.2, -0.15) is 5.10 Å². The Hall–Kier alpha value is -6.01. The number of nitrogens with zero attached hydrogens (tertiary/aromatic N) is 3. The highest BCUT2D eigenvalue weighted by Crippen LogP contribution is 2.30. The van der Waals surface area contributed by atoms with Gasteiger partial charge in [0.2, 0.25) is 0 Å². The Labute approximate surface area is 271 Å². The van der Waals surface area contributed by atoms with Gasteiger partial charge in [-0.3, -0.25) is 19.2 Å². The van der Waals surface area contributed by atoms with Gasteiger partial charge in [0.25, 0.3) is 21.6 Å². The van der Waals surface area contributed by atoms with Gasteiger partial charge in [-0.15, -0.1) is 0 Å². The zero-order chi connectivity index (χ0) is 33.2. The summed E-state index contributed by atoms with van der Waals surface area (Å²) in [6.45, 7) is 0.220. The number of amides is 1. The van der Waals surface area contributed by atoms with E-state index in [0.717, 1.165) is 11.1 Å². The molecule has 0 saturated heterocycles. The molecule has 0 fully saturated rings. The van der Waals surface area contributed by atoms with Gasteiger partial charge in [-0.05, 0) is 89.5 Å². The lowest BCUT2D eigenvalue weighted by molar-refractivity contribution is -0.384. The lowest BCUT2D eigenvalue weighted by Gasteiger charge is -2.26. The van der Waals surface area contributed by atoms with Crippen molar-refractivity contribution in [1.82, 2.24) is 5.43 Å². The minimum absolute atomic E-state index is 0.0103. The van der Waals surface area contributed by atoms with E-state index >= 15 is 0 Å². The molecule has 5 aromatic rings. The van der Waals surface area contributed by atoms with E-state index in [4.69, 9.17) is 9.47 Å². The van der Waals surface area contributed by atoms with Crippen molar-refractivity contribution in [3.05, 3.63) is 160 Å². The first-order valence-corrected chi connectivity index (χ1v) is 15.8. The van der Waals surface area contributed by atoms with Crippen LogP contribution in [0.15, 0.2) is 137 Å². The molecular weight excluding hydrogens is 620 g/mol. The van der Waals surface area contributed by atoms with Gasteiger partial charge in [0.05, 0.1) is 40.9 Å². The third-order valence-corrected chi connectivity index (χ3v) is 8.82. The summed E-state index contributed by atoms with van der Waals surface area (Å²) < 4.78 is 40.1. The summed E-state index contributed by atoms with van der Waals surface area (Å²) in [6.07, 6.45) is 1.45. The maximum atomic E-state index is 14.0. The number of rotatable bonds is 13. The fourth-order valence-corrected chi connectivity index (χ4v) is 6.03. The zero-order valence-electron chi connectivity index (χ0n) is 25.2. The number of nitrogens with one attached hydrogen (secondary N) is 1. The van der Waals surface area contributed by atoms with E-state index in [9.17, 15) is 23.3 Å². The normalized spacial score (nSPS) is 11.2. The number of methoxy groups -OCH3 is 1. The highest BCUT2D eigenvalue weighted by molar-refractivity contribution is 7.92. The zero-order valence-corrected chi connectivity index (χ0v) is 26.0. The van der Waals surface area contributed by atoms with Gasteiger partial charge in [-0.25, -0.2) is 13.8 Å². The van der Waals surface area contributed by atoms with Crippen LogP contribution in [0.25, 0.3) is 0 Å². The van der Waals surface area contributed by atoms with Crippen LogP contribution in [0.2, 0.25) is 0 Å². The topological polar surface area (TPSA) is 140 Å². The van der Waals surface area contributed by atoms with Gasteiger partial charge in [0, 0.05) is 12.1 Å². The molecule has 12 heteroatoms. The number of benzene rings is 5. The Morgan fingerprint density at radius 2 is 1.47 bits per heavy atom. The highest BCUT2D eigenvalue weighted by Gasteiger charge is 2.28. The first kappa shape index (κ1) is 32.4. The van der Waals surface area contributed by atoms with Crippen molar-refractivity contribution in [2.45, 2.75) is 18.0 Å². The molecular formula is C35H30N4O7S. The lowest BCUT2D eigenvalue weighted by atomic mass is 10.1. The molecule has 0 heterocycles. The number of para-hydroxylation sites is 1. The maximum absolute atomic E-state index is 14.0. The highest BCUT2D eigenvalue weighted by atomic mass is 32.2. The number of hydrogen-bond donors (Lipinski definition) is 1. The van der Waals surface area contributed by atoms with Crippen molar-refractivity contribution < 1.29 is 27.6 Å². The quantitative estimate of drug-likeness (QED) is 0.0891. The summed E-state index contributed by atoms with van der Waals surface area (Å²) in [7, 11) is -2.61. The summed E-state index contributed by atoms with van der Waals surface area (Å²) >= 11 is 0. The first-order valence-electron chi connectivity index (χ1n) is 14.3. The van der Waals surface area contributed by atoms with E-state index in [1.54, 1.807) is 72.8 Å². The summed E-state index contributed by atoms with van der Waals surface area (Å²) in [5.41, 5.74) is 5.01. The molecule has 0 radical (unpaired) electrons. The largest absolute Gasteiger partial charge is 0.497 e. The van der Waals surface area contributed by atoms with E-state index in [-0.39, 0.29) is 35.0 Å². The number of sulfonamides is 1. The molecule has 0 aromatic heterocycles. The summed E-state index contributed by atoms with van der Waals surface area (Å²) in [4.78, 5) is 23.8. The summed E-state index contributed by atoms with van der Waals surface area (Å²) in [6, 6.07) is 34.7. The molecule has 1 N–H and O–H groups in total. The number of anilines is 1. The van der Waals surface area contributed by atoms with Crippen molar-refractivity contribution in [1.29, 1.82) is 0 Å². The number of hydrogen-bond acceptors (Lipinski definition) is 8. The third kappa shape index (κ3) is 8.18. The third-order valence-electron chi connectivity index (χ3n) is 7.05. The SMILES string of the molecule is COc1ccc(S(=O)(=O)N(Cc2ccccc2)c2ccccc2C(=O)N/N=C\c2ccc(OCc3ccc([N+](=O)[O-])cc3)cc2)cc1. The molecule has 0 aliphatic rings. The predicted octanol–water partition coefficient (Wildman–Crippen LogP) is 6.34. The molecule has 0 aliphatic heterocycles. The molecule has 5 aromatic carbocycles. The summed E-state index contributed by atoms with van der Waals surface area (Å²) in [5, 5.41) is 14.9. The van der Waals surface area contributed by atoms with Crippen LogP contribution in [0.4, 0.5) is 11.4 Å². The lowest BCUT2D eigenvalue weighted by Crippen LogP contribution is -2.33. The van der Waals surface area contributed by atoms with E-state index in [2.05, 4.69) is 10.5 Å². The van der Waals surface area contributed by atoms with Crippen LogP contribution in [-0.4, -0.2) is 32.6 Å². The minimum atomic E-state index is -4.11. The summed E-state index contributed by atoms with van der Waals surface area (Å²) in [5.74, 6) is 0.499. The average Bonchev–Trinajstić information content (AvgIpc) is 3.10. The molecule has 0 spiro atoms. The molecule has 5 rings (SSSR count). The smallest absolute Gasteiger partial charge is 0.273 e. The molecule has 0 saturated carbocycles. The van der Waals surface area contributed by atoms with Crippen LogP contribution in [0.5, 0.6) is 11.5 Å². The van der Waals surface area contributed by atoms with Gasteiger partial charge in [-0.1, -0.05) is 42.5 Å². The van der Waals surface area contributed by atoms with Crippen LogP contribution >= 0.6 is 0 Å². The Morgan fingerprint density at radius 1 is 0.830 bits per heavy atom. The number of non-ortho nitro benzene ring substituents is 1. The number of carbonyl (C=O) groups is 1. The first-order chi connectivity index (χ1) is 22.7. The Balaban J connectivity index is 1.30. The Bertz CT molecular complexity index is 1970. The number of nitro groups is 1. The molecule has 0 aliphatic carbocycles. The van der Waals surface area contributed by atoms with Gasteiger partial charge >= 0.3 is 0 Å². The van der Waals surface area contributed by atoms with Gasteiger partial charge in [0.1, 0.15) is 18.1 Å². The van der Waals surface area contributed by atoms with E-state index in [1.807, 2.05) is 30.3 Å². The molecule has 0 atom stereocenters. The van der Waals surface area contributed by atoms with E-state index < -0.39 is 20.9 Å². The van der Waals surface area contributed by atoms with E-state index in [0.29, 0.717) is 17.1 Å². The second kappa shape index (κ2) is 14.8. The monoisotopic (exact) mass is 650 g/mol. The molecule has 47 heavy (non-hydrogen) atoms. The van der Waals surface area contributed by atoms with E-state index in [1.165, 1.54) is 41.9 Å². The van der Waals surface area contributed by atoms with Crippen LogP contribution in [0.1, 0.15) is 27.0 Å². The fraction of sp³-hybridized carbons (Fsp3) is 0.0857. The number of ether oxygens (including phenoxy) is 2. The van der Waals surface area contributed by atoms with Gasteiger partial charge in [0.15, 0.2) is 0 Å². The standard InChI is InChI=1S/C35H30N4O7S/c1-45-30-19-21-32(22-20-30)47(43,44)38(24-27-7-3-2-4-8-27)34-10-6-5-9-33(34)35(40)37-36-23-26-13-17-31(18-14-26)46-25-28-11-15-29(16-12-28)39(41)42/h2-23H,24-25H2,1H3,(H,37,40)/b36-23-. The van der Waals surface area contributed by atoms with Crippen LogP contribution in [0, 0.1) is 10.1 Å². The van der Waals surface area contributed by atoms with Crippen molar-refractivity contribution in [2.75, 3.05) is 11.4 Å². The van der Waals surface area contributed by atoms with Crippen LogP contribution in [0.3, 0.4) is 0 Å². The minimum Gasteiger partial charge on any atom is -0.497 e. The molecule has 0 bridgehead atoms. The molecule has 1 amide bonds. The predicted molar refractivity (Wildman–Crippen MR) is 178 cm³/mol. The maximum Gasteiger partial charge on any atom is 0.273 e. The Kier molecular flexibility index (Phi) is 10.2. The molecule has 11 nitrogen and oxygen atoms in total. The van der Waals surface area contributed by atoms with Gasteiger partial charge < -0.3 is 9.47 Å². The molecule has 0 unspecified atom stereocenters. The fourth-order valence-electron chi connectivity index (χ4n) is 4.56. The Morgan fingerprint density at radius 3 is 2.13 bits per heavy atom. The second-order valence-electron chi connectivity index (χ2n) is 10.2. The number of nitro benzene ring substituents is 1. The number of hydrazone groups is 1. The molecule has 238 valence electrons. The average molecular weight is 651 g/mol. The van der Waals surface area contributed by atoms with Crippen molar-refractivity contribution >= 4 is 33.5 Å². The van der Waals surface area contributed by atoms with Crippen molar-refractivity contribution in [2.24, 2.45) is 5.10 Å². The van der Waals surface area contributed by atoms with Crippen LogP contribution in [-0.2, 0) is 23.2 Å².